The lowest BCUT2D eigenvalue weighted by Gasteiger charge is -2.27. The molecule has 1 atom stereocenters. The SMILES string of the molecule is Cc1ccc(CN2CCC[C@]3(CCC(=O)N3)CC2)o1. The lowest BCUT2D eigenvalue weighted by Crippen LogP contribution is -2.42. The molecular weight excluding hydrogens is 240 g/mol. The van der Waals surface area contributed by atoms with Gasteiger partial charge >= 0.3 is 0 Å². The highest BCUT2D eigenvalue weighted by Crippen LogP contribution is 2.31. The van der Waals surface area contributed by atoms with Gasteiger partial charge in [-0.1, -0.05) is 0 Å². The topological polar surface area (TPSA) is 45.5 Å². The summed E-state index contributed by atoms with van der Waals surface area (Å²) in [6.07, 6.45) is 5.06. The maximum Gasteiger partial charge on any atom is 0.220 e. The predicted molar refractivity (Wildman–Crippen MR) is 72.7 cm³/mol. The smallest absolute Gasteiger partial charge is 0.220 e. The second kappa shape index (κ2) is 5.00. The van der Waals surface area contributed by atoms with E-state index in [9.17, 15) is 4.79 Å². The van der Waals surface area contributed by atoms with E-state index in [1.54, 1.807) is 0 Å². The van der Waals surface area contributed by atoms with Gasteiger partial charge in [-0.3, -0.25) is 9.69 Å². The summed E-state index contributed by atoms with van der Waals surface area (Å²) >= 11 is 0. The monoisotopic (exact) mass is 262 g/mol. The van der Waals surface area contributed by atoms with E-state index >= 15 is 0 Å². The molecule has 2 aliphatic rings. The molecule has 4 nitrogen and oxygen atoms in total. The van der Waals surface area contributed by atoms with Gasteiger partial charge in [-0.05, 0) is 51.3 Å². The van der Waals surface area contributed by atoms with Crippen LogP contribution in [0.4, 0.5) is 0 Å². The van der Waals surface area contributed by atoms with Gasteiger partial charge in [-0.15, -0.1) is 0 Å². The summed E-state index contributed by atoms with van der Waals surface area (Å²) in [5.74, 6) is 2.25. The molecule has 19 heavy (non-hydrogen) atoms. The van der Waals surface area contributed by atoms with Crippen molar-refractivity contribution in [3.63, 3.8) is 0 Å². The van der Waals surface area contributed by atoms with Crippen LogP contribution < -0.4 is 5.32 Å². The minimum atomic E-state index is 0.0882. The molecule has 1 aromatic rings. The first kappa shape index (κ1) is 12.7. The van der Waals surface area contributed by atoms with Crippen LogP contribution in [0.1, 0.15) is 43.6 Å². The molecule has 0 saturated carbocycles. The minimum absolute atomic E-state index is 0.0882. The Labute approximate surface area is 114 Å². The third-order valence-corrected chi connectivity index (χ3v) is 4.45. The Morgan fingerprint density at radius 1 is 1.32 bits per heavy atom. The zero-order chi connectivity index (χ0) is 13.3. The number of nitrogens with one attached hydrogen (secondary N) is 1. The summed E-state index contributed by atoms with van der Waals surface area (Å²) in [6.45, 7) is 5.00. The third kappa shape index (κ3) is 2.84. The number of nitrogens with zero attached hydrogens (tertiary/aromatic N) is 1. The van der Waals surface area contributed by atoms with Gasteiger partial charge in [-0.2, -0.15) is 0 Å². The number of aryl methyl sites for hydroxylation is 1. The van der Waals surface area contributed by atoms with Crippen molar-refractivity contribution in [1.29, 1.82) is 0 Å². The number of amides is 1. The predicted octanol–water partition coefficient (Wildman–Crippen LogP) is 2.22. The Hall–Kier alpha value is -1.29. The highest BCUT2D eigenvalue weighted by Gasteiger charge is 2.38. The van der Waals surface area contributed by atoms with Crippen LogP contribution in [0.15, 0.2) is 16.5 Å². The van der Waals surface area contributed by atoms with Gasteiger partial charge in [-0.25, -0.2) is 0 Å². The Bertz CT molecular complexity index is 468. The molecule has 1 amide bonds. The summed E-state index contributed by atoms with van der Waals surface area (Å²) < 4.78 is 5.65. The highest BCUT2D eigenvalue weighted by molar-refractivity contribution is 5.79. The quantitative estimate of drug-likeness (QED) is 0.889. The van der Waals surface area contributed by atoms with Crippen molar-refractivity contribution in [2.75, 3.05) is 13.1 Å². The fourth-order valence-electron chi connectivity index (χ4n) is 3.35. The molecule has 3 rings (SSSR count). The lowest BCUT2D eigenvalue weighted by molar-refractivity contribution is -0.119. The first-order valence-corrected chi connectivity index (χ1v) is 7.24. The zero-order valence-corrected chi connectivity index (χ0v) is 11.6. The number of hydrogen-bond donors (Lipinski definition) is 1. The van der Waals surface area contributed by atoms with E-state index < -0.39 is 0 Å². The van der Waals surface area contributed by atoms with E-state index in [2.05, 4.69) is 16.3 Å². The van der Waals surface area contributed by atoms with E-state index in [0.717, 1.165) is 56.8 Å². The third-order valence-electron chi connectivity index (χ3n) is 4.45. The van der Waals surface area contributed by atoms with E-state index in [4.69, 9.17) is 4.42 Å². The van der Waals surface area contributed by atoms with Crippen LogP contribution >= 0.6 is 0 Å². The summed E-state index contributed by atoms with van der Waals surface area (Å²) in [4.78, 5) is 13.9. The van der Waals surface area contributed by atoms with Gasteiger partial charge in [0.1, 0.15) is 11.5 Å². The van der Waals surface area contributed by atoms with Crippen LogP contribution in [0, 0.1) is 6.92 Å². The Morgan fingerprint density at radius 3 is 2.89 bits per heavy atom. The summed E-state index contributed by atoms with van der Waals surface area (Å²) in [7, 11) is 0. The molecule has 1 spiro atoms. The van der Waals surface area contributed by atoms with Crippen LogP contribution in [0.2, 0.25) is 0 Å². The van der Waals surface area contributed by atoms with Gasteiger partial charge in [0.25, 0.3) is 0 Å². The molecule has 4 heteroatoms. The molecule has 2 fully saturated rings. The lowest BCUT2D eigenvalue weighted by atomic mass is 9.89. The van der Waals surface area contributed by atoms with Crippen LogP contribution in [0.5, 0.6) is 0 Å². The standard InChI is InChI=1S/C15H22N2O2/c1-12-3-4-13(19-12)11-17-9-2-6-15(8-10-17)7-5-14(18)16-15/h3-4H,2,5-11H2,1H3,(H,16,18)/t15-/m0/s1. The zero-order valence-electron chi connectivity index (χ0n) is 11.6. The Morgan fingerprint density at radius 2 is 2.21 bits per heavy atom. The maximum absolute atomic E-state index is 11.5. The van der Waals surface area contributed by atoms with Crippen molar-refractivity contribution in [3.8, 4) is 0 Å². The van der Waals surface area contributed by atoms with E-state index in [0.29, 0.717) is 6.42 Å². The van der Waals surface area contributed by atoms with Crippen molar-refractivity contribution in [2.45, 2.75) is 51.1 Å². The second-order valence-corrected chi connectivity index (χ2v) is 5.97. The largest absolute Gasteiger partial charge is 0.465 e. The van der Waals surface area contributed by atoms with E-state index in [-0.39, 0.29) is 11.4 Å². The summed E-state index contributed by atoms with van der Waals surface area (Å²) in [6, 6.07) is 4.08. The molecule has 0 aromatic carbocycles. The molecule has 104 valence electrons. The van der Waals surface area contributed by atoms with Crippen molar-refractivity contribution >= 4 is 5.91 Å². The van der Waals surface area contributed by atoms with Gasteiger partial charge in [0.05, 0.1) is 6.54 Å². The Balaban J connectivity index is 1.60. The average molecular weight is 262 g/mol. The van der Waals surface area contributed by atoms with E-state index in [1.165, 1.54) is 0 Å². The molecule has 2 aliphatic heterocycles. The van der Waals surface area contributed by atoms with Gasteiger partial charge < -0.3 is 9.73 Å². The molecule has 0 unspecified atom stereocenters. The minimum Gasteiger partial charge on any atom is -0.465 e. The number of rotatable bonds is 2. The molecule has 0 radical (unpaired) electrons. The van der Waals surface area contributed by atoms with Gasteiger partial charge in [0.2, 0.25) is 5.91 Å². The molecule has 1 aromatic heterocycles. The average Bonchev–Trinajstić information content (AvgIpc) is 2.87. The molecule has 0 bridgehead atoms. The molecular formula is C15H22N2O2. The number of furan rings is 1. The van der Waals surface area contributed by atoms with Crippen LogP contribution in [0.3, 0.4) is 0 Å². The van der Waals surface area contributed by atoms with Crippen molar-refractivity contribution in [1.82, 2.24) is 10.2 Å². The van der Waals surface area contributed by atoms with Gasteiger partial charge in [0.15, 0.2) is 0 Å². The second-order valence-electron chi connectivity index (χ2n) is 5.97. The fraction of sp³-hybridized carbons (Fsp3) is 0.667. The van der Waals surface area contributed by atoms with Crippen LogP contribution in [-0.2, 0) is 11.3 Å². The Kier molecular flexibility index (Phi) is 3.35. The summed E-state index contributed by atoms with van der Waals surface area (Å²) in [5, 5.41) is 3.21. The first-order valence-electron chi connectivity index (χ1n) is 7.24. The van der Waals surface area contributed by atoms with Crippen molar-refractivity contribution in [3.05, 3.63) is 23.7 Å². The molecule has 3 heterocycles. The summed E-state index contributed by atoms with van der Waals surface area (Å²) in [5.41, 5.74) is 0.0882. The number of likely N-dealkylation sites (tertiary alicyclic amines) is 1. The first-order chi connectivity index (χ1) is 9.15. The number of hydrogen-bond acceptors (Lipinski definition) is 3. The van der Waals surface area contributed by atoms with Gasteiger partial charge in [0, 0.05) is 18.5 Å². The van der Waals surface area contributed by atoms with Crippen LogP contribution in [-0.4, -0.2) is 29.4 Å². The maximum atomic E-state index is 11.5. The van der Waals surface area contributed by atoms with Crippen LogP contribution in [0.25, 0.3) is 0 Å². The number of carbonyl (C=O) groups excluding carboxylic acids is 1. The van der Waals surface area contributed by atoms with E-state index in [1.807, 2.05) is 13.0 Å². The molecule has 2 saturated heterocycles. The fourth-order valence-corrected chi connectivity index (χ4v) is 3.35. The highest BCUT2D eigenvalue weighted by atomic mass is 16.3. The normalized spacial score (nSPS) is 28.6. The molecule has 0 aliphatic carbocycles. The number of carbonyl (C=O) groups is 1. The van der Waals surface area contributed by atoms with Crippen molar-refractivity contribution < 1.29 is 9.21 Å². The van der Waals surface area contributed by atoms with Crippen molar-refractivity contribution in [2.24, 2.45) is 0 Å². The molecule has 1 N–H and O–H groups in total.